The van der Waals surface area contributed by atoms with Crippen LogP contribution in [0.5, 0.6) is 0 Å². The minimum atomic E-state index is 1.17. The van der Waals surface area contributed by atoms with Crippen LogP contribution >= 0.6 is 45.2 Å². The second-order valence-electron chi connectivity index (χ2n) is 1.83. The number of halogens is 2. The summed E-state index contributed by atoms with van der Waals surface area (Å²) < 4.78 is 2.35. The lowest BCUT2D eigenvalue weighted by atomic mass is 10.2. The zero-order valence-electron chi connectivity index (χ0n) is 5.17. The van der Waals surface area contributed by atoms with E-state index in [1.165, 1.54) is 20.0 Å². The monoisotopic (exact) mass is 336 g/mol. The average molecular weight is 336 g/mol. The highest BCUT2D eigenvalue weighted by Crippen LogP contribution is 2.08. The summed E-state index contributed by atoms with van der Waals surface area (Å²) in [6.45, 7) is 4.39. The van der Waals surface area contributed by atoms with Crippen molar-refractivity contribution >= 4 is 45.2 Å². The van der Waals surface area contributed by atoms with E-state index in [4.69, 9.17) is 0 Å². The van der Waals surface area contributed by atoms with Gasteiger partial charge in [0.15, 0.2) is 0 Å². The van der Waals surface area contributed by atoms with E-state index in [9.17, 15) is 0 Å². The highest BCUT2D eigenvalue weighted by molar-refractivity contribution is 14.1. The topological polar surface area (TPSA) is 0 Å². The Hall–Kier alpha value is 1.20. The number of allylic oxidation sites excluding steroid dienone is 2. The SMILES string of the molecule is CC(CI)=C(C)CI. The predicted molar refractivity (Wildman–Crippen MR) is 56.1 cm³/mol. The van der Waals surface area contributed by atoms with E-state index < -0.39 is 0 Å². The quantitative estimate of drug-likeness (QED) is 0.413. The highest BCUT2D eigenvalue weighted by atomic mass is 127. The van der Waals surface area contributed by atoms with E-state index in [0.29, 0.717) is 0 Å². The van der Waals surface area contributed by atoms with Crippen molar-refractivity contribution in [2.75, 3.05) is 8.86 Å². The third kappa shape index (κ3) is 3.27. The van der Waals surface area contributed by atoms with Crippen molar-refractivity contribution in [1.29, 1.82) is 0 Å². The van der Waals surface area contributed by atoms with E-state index in [2.05, 4.69) is 59.0 Å². The van der Waals surface area contributed by atoms with Crippen LogP contribution in [0.4, 0.5) is 0 Å². The molecule has 0 amide bonds. The Kier molecular flexibility index (Phi) is 5.78. The van der Waals surface area contributed by atoms with Gasteiger partial charge in [0, 0.05) is 8.86 Å². The van der Waals surface area contributed by atoms with Gasteiger partial charge >= 0.3 is 0 Å². The van der Waals surface area contributed by atoms with Gasteiger partial charge in [-0.15, -0.1) is 0 Å². The number of hydrogen-bond acceptors (Lipinski definition) is 0. The van der Waals surface area contributed by atoms with Crippen molar-refractivity contribution in [3.8, 4) is 0 Å². The van der Waals surface area contributed by atoms with Gasteiger partial charge in [-0.25, -0.2) is 0 Å². The second-order valence-corrected chi connectivity index (χ2v) is 3.35. The number of hydrogen-bond donors (Lipinski definition) is 0. The van der Waals surface area contributed by atoms with E-state index in [0.717, 1.165) is 0 Å². The molecule has 0 spiro atoms. The molecule has 0 radical (unpaired) electrons. The smallest absolute Gasteiger partial charge is 0.0205 e. The third-order valence-electron chi connectivity index (χ3n) is 1.13. The van der Waals surface area contributed by atoms with Gasteiger partial charge in [-0.3, -0.25) is 0 Å². The molecule has 8 heavy (non-hydrogen) atoms. The average Bonchev–Trinajstić information content (AvgIpc) is 1.84. The first kappa shape index (κ1) is 9.20. The highest BCUT2D eigenvalue weighted by Gasteiger charge is 1.90. The molecule has 0 aliphatic heterocycles. The first-order chi connectivity index (χ1) is 3.72. The summed E-state index contributed by atoms with van der Waals surface area (Å²) in [5.41, 5.74) is 3.06. The molecular weight excluding hydrogens is 326 g/mol. The van der Waals surface area contributed by atoms with E-state index >= 15 is 0 Å². The van der Waals surface area contributed by atoms with Crippen LogP contribution in [0, 0.1) is 0 Å². The molecule has 0 N–H and O–H groups in total. The van der Waals surface area contributed by atoms with Gasteiger partial charge in [-0.05, 0) is 13.8 Å². The van der Waals surface area contributed by atoms with E-state index in [1.807, 2.05) is 0 Å². The van der Waals surface area contributed by atoms with Gasteiger partial charge in [0.1, 0.15) is 0 Å². The Balaban J connectivity index is 3.83. The maximum atomic E-state index is 2.39. The molecular formula is C6H10I2. The first-order valence-electron chi connectivity index (χ1n) is 2.49. The summed E-state index contributed by atoms with van der Waals surface area (Å²) in [5, 5.41) is 0. The Labute approximate surface area is 78.4 Å². The molecule has 0 saturated heterocycles. The molecule has 0 fully saturated rings. The predicted octanol–water partition coefficient (Wildman–Crippen LogP) is 3.19. The largest absolute Gasteiger partial charge is 0.0816 e. The maximum Gasteiger partial charge on any atom is 0.0205 e. The van der Waals surface area contributed by atoms with Crippen LogP contribution in [0.15, 0.2) is 11.1 Å². The third-order valence-corrected chi connectivity index (χ3v) is 3.42. The van der Waals surface area contributed by atoms with E-state index in [-0.39, 0.29) is 0 Å². The summed E-state index contributed by atoms with van der Waals surface area (Å²) in [4.78, 5) is 0. The Morgan fingerprint density at radius 1 is 1.00 bits per heavy atom. The zero-order valence-corrected chi connectivity index (χ0v) is 9.49. The van der Waals surface area contributed by atoms with Crippen molar-refractivity contribution in [2.45, 2.75) is 13.8 Å². The Bertz CT molecular complexity index is 82.7. The summed E-state index contributed by atoms with van der Waals surface area (Å²) in [6, 6.07) is 0. The zero-order chi connectivity index (χ0) is 6.57. The molecule has 0 nitrogen and oxygen atoms in total. The molecule has 0 rings (SSSR count). The lowest BCUT2D eigenvalue weighted by Gasteiger charge is -1.97. The van der Waals surface area contributed by atoms with Crippen molar-refractivity contribution in [1.82, 2.24) is 0 Å². The van der Waals surface area contributed by atoms with Crippen molar-refractivity contribution in [3.05, 3.63) is 11.1 Å². The lowest BCUT2D eigenvalue weighted by Crippen LogP contribution is -1.84. The summed E-state index contributed by atoms with van der Waals surface area (Å²) in [5.74, 6) is 0. The van der Waals surface area contributed by atoms with Gasteiger partial charge in [-0.2, -0.15) is 0 Å². The fraction of sp³-hybridized carbons (Fsp3) is 0.667. The molecule has 2 heteroatoms. The van der Waals surface area contributed by atoms with Crippen molar-refractivity contribution in [3.63, 3.8) is 0 Å². The van der Waals surface area contributed by atoms with Crippen LogP contribution in [0.25, 0.3) is 0 Å². The van der Waals surface area contributed by atoms with Crippen LogP contribution < -0.4 is 0 Å². The molecule has 0 aromatic carbocycles. The molecule has 0 heterocycles. The molecule has 0 unspecified atom stereocenters. The molecule has 0 atom stereocenters. The molecule has 0 bridgehead atoms. The first-order valence-corrected chi connectivity index (χ1v) is 5.54. The standard InChI is InChI=1S/C6H10I2/c1-5(3-7)6(2)4-8/h3-4H2,1-2H3. The molecule has 0 aromatic rings. The molecule has 0 aromatic heterocycles. The maximum absolute atomic E-state index is 2.39. The Morgan fingerprint density at radius 3 is 1.38 bits per heavy atom. The van der Waals surface area contributed by atoms with Gasteiger partial charge in [-0.1, -0.05) is 56.3 Å². The summed E-state index contributed by atoms with van der Waals surface area (Å²) in [6.07, 6.45) is 0. The fourth-order valence-electron chi connectivity index (χ4n) is 0.228. The summed E-state index contributed by atoms with van der Waals surface area (Å²) >= 11 is 4.78. The fourth-order valence-corrected chi connectivity index (χ4v) is 1.53. The van der Waals surface area contributed by atoms with Gasteiger partial charge in [0.2, 0.25) is 0 Å². The normalized spacial score (nSPS) is 13.5. The summed E-state index contributed by atoms with van der Waals surface area (Å²) in [7, 11) is 0. The number of rotatable bonds is 2. The van der Waals surface area contributed by atoms with Crippen molar-refractivity contribution in [2.24, 2.45) is 0 Å². The minimum absolute atomic E-state index is 1.17. The van der Waals surface area contributed by atoms with Crippen LogP contribution in [0.1, 0.15) is 13.8 Å². The van der Waals surface area contributed by atoms with Crippen LogP contribution in [0.2, 0.25) is 0 Å². The second kappa shape index (κ2) is 5.02. The van der Waals surface area contributed by atoms with Gasteiger partial charge in [0.05, 0.1) is 0 Å². The van der Waals surface area contributed by atoms with Gasteiger partial charge in [0.25, 0.3) is 0 Å². The van der Waals surface area contributed by atoms with Crippen LogP contribution in [0.3, 0.4) is 0 Å². The minimum Gasteiger partial charge on any atom is -0.0816 e. The Morgan fingerprint density at radius 2 is 1.25 bits per heavy atom. The lowest BCUT2D eigenvalue weighted by molar-refractivity contribution is 1.28. The number of alkyl halides is 2. The van der Waals surface area contributed by atoms with Crippen LogP contribution in [-0.4, -0.2) is 8.86 Å². The molecule has 48 valence electrons. The van der Waals surface area contributed by atoms with E-state index in [1.54, 1.807) is 0 Å². The molecule has 0 saturated carbocycles. The van der Waals surface area contributed by atoms with Gasteiger partial charge < -0.3 is 0 Å². The van der Waals surface area contributed by atoms with Crippen molar-refractivity contribution < 1.29 is 0 Å². The van der Waals surface area contributed by atoms with Crippen LogP contribution in [-0.2, 0) is 0 Å². The molecule has 0 aliphatic carbocycles. The molecule has 0 aliphatic rings.